The number of hydrogen-bond donors (Lipinski definition) is 0. The van der Waals surface area contributed by atoms with E-state index in [0.29, 0.717) is 19.1 Å². The van der Waals surface area contributed by atoms with Crippen LogP contribution >= 0.6 is 0 Å². The zero-order valence-electron chi connectivity index (χ0n) is 9.12. The fourth-order valence-electron chi connectivity index (χ4n) is 1.40. The highest BCUT2D eigenvalue weighted by molar-refractivity contribution is 5.82. The van der Waals surface area contributed by atoms with Gasteiger partial charge in [0.25, 0.3) is 0 Å². The van der Waals surface area contributed by atoms with E-state index in [1.54, 1.807) is 0 Å². The first-order valence-corrected chi connectivity index (χ1v) is 5.38. The van der Waals surface area contributed by atoms with Crippen molar-refractivity contribution in [2.75, 3.05) is 26.4 Å². The highest BCUT2D eigenvalue weighted by Crippen LogP contribution is 2.13. The van der Waals surface area contributed by atoms with Crippen molar-refractivity contribution in [2.24, 2.45) is 11.8 Å². The predicted molar refractivity (Wildman–Crippen MR) is 54.2 cm³/mol. The summed E-state index contributed by atoms with van der Waals surface area (Å²) in [6.45, 7) is 6.57. The van der Waals surface area contributed by atoms with Crippen molar-refractivity contribution in [2.45, 2.75) is 26.7 Å². The predicted octanol–water partition coefficient (Wildman–Crippen LogP) is 1.65. The van der Waals surface area contributed by atoms with Crippen LogP contribution in [-0.2, 0) is 14.3 Å². The number of rotatable bonds is 6. The Morgan fingerprint density at radius 1 is 1.57 bits per heavy atom. The lowest BCUT2D eigenvalue weighted by atomic mass is 10.0. The van der Waals surface area contributed by atoms with Crippen LogP contribution in [0.2, 0.25) is 0 Å². The van der Waals surface area contributed by atoms with Crippen molar-refractivity contribution >= 4 is 5.78 Å². The summed E-state index contributed by atoms with van der Waals surface area (Å²) in [5.41, 5.74) is 0. The molecule has 0 aromatic rings. The maximum absolute atomic E-state index is 11.5. The van der Waals surface area contributed by atoms with Crippen LogP contribution in [0.15, 0.2) is 0 Å². The minimum atomic E-state index is 0.0917. The molecule has 1 aliphatic rings. The average Bonchev–Trinajstić information content (AvgIpc) is 2.64. The number of carbonyl (C=O) groups excluding carboxylic acids is 1. The number of ether oxygens (including phenoxy) is 2. The van der Waals surface area contributed by atoms with Gasteiger partial charge in [0, 0.05) is 19.1 Å². The molecule has 1 heterocycles. The standard InChI is InChI=1S/C11H20O3/c1-9(2)3-5-14-8-11(12)10-4-6-13-7-10/h9-10H,3-8H2,1-2H3. The average molecular weight is 200 g/mol. The van der Waals surface area contributed by atoms with Crippen LogP contribution < -0.4 is 0 Å². The first kappa shape index (κ1) is 11.7. The van der Waals surface area contributed by atoms with Crippen LogP contribution in [0.3, 0.4) is 0 Å². The lowest BCUT2D eigenvalue weighted by Gasteiger charge is -2.08. The molecule has 3 nitrogen and oxygen atoms in total. The fourth-order valence-corrected chi connectivity index (χ4v) is 1.40. The molecule has 3 heteroatoms. The molecule has 0 N–H and O–H groups in total. The van der Waals surface area contributed by atoms with Gasteiger partial charge in [-0.2, -0.15) is 0 Å². The van der Waals surface area contributed by atoms with E-state index in [9.17, 15) is 4.79 Å². The van der Waals surface area contributed by atoms with Crippen LogP contribution in [0.25, 0.3) is 0 Å². The van der Waals surface area contributed by atoms with E-state index in [1.807, 2.05) is 0 Å². The van der Waals surface area contributed by atoms with E-state index < -0.39 is 0 Å². The summed E-state index contributed by atoms with van der Waals surface area (Å²) in [6, 6.07) is 0. The van der Waals surface area contributed by atoms with Gasteiger partial charge in [0.05, 0.1) is 6.61 Å². The summed E-state index contributed by atoms with van der Waals surface area (Å²) in [7, 11) is 0. The van der Waals surface area contributed by atoms with E-state index in [4.69, 9.17) is 9.47 Å². The van der Waals surface area contributed by atoms with Crippen molar-refractivity contribution in [1.82, 2.24) is 0 Å². The lowest BCUT2D eigenvalue weighted by molar-refractivity contribution is -0.127. The zero-order valence-corrected chi connectivity index (χ0v) is 9.12. The molecule has 0 aliphatic carbocycles. The number of ketones is 1. The Balaban J connectivity index is 2.03. The van der Waals surface area contributed by atoms with Crippen LogP contribution in [0.4, 0.5) is 0 Å². The van der Waals surface area contributed by atoms with Crippen LogP contribution in [0, 0.1) is 11.8 Å². The smallest absolute Gasteiger partial charge is 0.163 e. The van der Waals surface area contributed by atoms with Gasteiger partial charge in [0.1, 0.15) is 6.61 Å². The van der Waals surface area contributed by atoms with Gasteiger partial charge < -0.3 is 9.47 Å². The van der Waals surface area contributed by atoms with Crippen LogP contribution in [-0.4, -0.2) is 32.2 Å². The highest BCUT2D eigenvalue weighted by atomic mass is 16.5. The third kappa shape index (κ3) is 4.20. The Bertz CT molecular complexity index is 171. The van der Waals surface area contributed by atoms with E-state index in [1.165, 1.54) is 0 Å². The molecule has 0 amide bonds. The quantitative estimate of drug-likeness (QED) is 0.612. The van der Waals surface area contributed by atoms with Gasteiger partial charge in [-0.3, -0.25) is 4.79 Å². The first-order valence-electron chi connectivity index (χ1n) is 5.38. The van der Waals surface area contributed by atoms with Gasteiger partial charge in [0.15, 0.2) is 5.78 Å². The minimum Gasteiger partial charge on any atom is -0.381 e. The Morgan fingerprint density at radius 2 is 2.36 bits per heavy atom. The topological polar surface area (TPSA) is 35.5 Å². The SMILES string of the molecule is CC(C)CCOCC(=O)C1CCOC1. The van der Waals surface area contributed by atoms with E-state index >= 15 is 0 Å². The molecule has 1 fully saturated rings. The van der Waals surface area contributed by atoms with Gasteiger partial charge in [-0.1, -0.05) is 13.8 Å². The van der Waals surface area contributed by atoms with Gasteiger partial charge in [-0.15, -0.1) is 0 Å². The molecule has 0 bridgehead atoms. The molecular weight excluding hydrogens is 180 g/mol. The first-order chi connectivity index (χ1) is 6.70. The molecule has 0 spiro atoms. The van der Waals surface area contributed by atoms with Gasteiger partial charge in [-0.25, -0.2) is 0 Å². The maximum atomic E-state index is 11.5. The van der Waals surface area contributed by atoms with E-state index in [0.717, 1.165) is 19.4 Å². The molecule has 0 radical (unpaired) electrons. The van der Waals surface area contributed by atoms with Crippen molar-refractivity contribution in [1.29, 1.82) is 0 Å². The molecule has 1 saturated heterocycles. The third-order valence-electron chi connectivity index (χ3n) is 2.47. The second-order valence-electron chi connectivity index (χ2n) is 4.26. The normalized spacial score (nSPS) is 21.8. The lowest BCUT2D eigenvalue weighted by Crippen LogP contribution is -2.20. The highest BCUT2D eigenvalue weighted by Gasteiger charge is 2.22. The molecule has 14 heavy (non-hydrogen) atoms. The molecule has 82 valence electrons. The maximum Gasteiger partial charge on any atom is 0.163 e. The molecule has 0 saturated carbocycles. The molecule has 1 atom stereocenters. The number of Topliss-reactive ketones (excluding diaryl/α,β-unsaturated/α-hetero) is 1. The summed E-state index contributed by atoms with van der Waals surface area (Å²) < 4.78 is 10.5. The van der Waals surface area contributed by atoms with Crippen LogP contribution in [0.5, 0.6) is 0 Å². The summed E-state index contributed by atoms with van der Waals surface area (Å²) in [5.74, 6) is 0.931. The molecule has 0 aromatic carbocycles. The molecule has 1 aliphatic heterocycles. The summed E-state index contributed by atoms with van der Waals surface area (Å²) in [6.07, 6.45) is 1.89. The van der Waals surface area contributed by atoms with Crippen molar-refractivity contribution in [3.63, 3.8) is 0 Å². The van der Waals surface area contributed by atoms with Gasteiger partial charge >= 0.3 is 0 Å². The summed E-state index contributed by atoms with van der Waals surface area (Å²) >= 11 is 0. The molecule has 0 aromatic heterocycles. The second kappa shape index (κ2) is 6.14. The largest absolute Gasteiger partial charge is 0.381 e. The van der Waals surface area contributed by atoms with Gasteiger partial charge in [-0.05, 0) is 18.8 Å². The number of hydrogen-bond acceptors (Lipinski definition) is 3. The second-order valence-corrected chi connectivity index (χ2v) is 4.26. The minimum absolute atomic E-state index is 0.0917. The summed E-state index contributed by atoms with van der Waals surface area (Å²) in [5, 5.41) is 0. The summed E-state index contributed by atoms with van der Waals surface area (Å²) in [4.78, 5) is 11.5. The van der Waals surface area contributed by atoms with Crippen molar-refractivity contribution < 1.29 is 14.3 Å². The Hall–Kier alpha value is -0.410. The van der Waals surface area contributed by atoms with E-state index in [2.05, 4.69) is 13.8 Å². The van der Waals surface area contributed by atoms with Crippen LogP contribution in [0.1, 0.15) is 26.7 Å². The zero-order chi connectivity index (χ0) is 10.4. The fraction of sp³-hybridized carbons (Fsp3) is 0.909. The molecule has 1 unspecified atom stereocenters. The Kier molecular flexibility index (Phi) is 5.12. The Labute approximate surface area is 85.8 Å². The third-order valence-corrected chi connectivity index (χ3v) is 2.47. The number of carbonyl (C=O) groups is 1. The van der Waals surface area contributed by atoms with Crippen molar-refractivity contribution in [3.05, 3.63) is 0 Å². The van der Waals surface area contributed by atoms with Crippen molar-refractivity contribution in [3.8, 4) is 0 Å². The molecule has 1 rings (SSSR count). The Morgan fingerprint density at radius 3 is 2.93 bits per heavy atom. The monoisotopic (exact) mass is 200 g/mol. The molecular formula is C11H20O3. The van der Waals surface area contributed by atoms with Gasteiger partial charge in [0.2, 0.25) is 0 Å². The van der Waals surface area contributed by atoms with E-state index in [-0.39, 0.29) is 18.3 Å².